The summed E-state index contributed by atoms with van der Waals surface area (Å²) in [6.45, 7) is -1.98. The van der Waals surface area contributed by atoms with Gasteiger partial charge in [-0.1, -0.05) is 42.3 Å². The van der Waals surface area contributed by atoms with Gasteiger partial charge in [0.05, 0.1) is 6.54 Å². The van der Waals surface area contributed by atoms with Gasteiger partial charge in [0, 0.05) is 21.8 Å². The maximum atomic E-state index is 7.70. The Morgan fingerprint density at radius 2 is 1.90 bits per heavy atom. The molecule has 0 saturated carbocycles. The molecule has 0 radical (unpaired) electrons. The molecule has 3 rings (SSSR count). The molecule has 2 aromatic rings. The Kier molecular flexibility index (Phi) is 2.87. The smallest absolute Gasteiger partial charge is 0.135 e. The first kappa shape index (κ1) is 10.3. The molecule has 1 aliphatic rings. The number of fused-ring (bicyclic) bond motifs is 2. The van der Waals surface area contributed by atoms with Gasteiger partial charge in [-0.15, -0.1) is 6.42 Å². The maximum absolute atomic E-state index is 7.70. The number of terminal acetylenes is 1. The normalized spacial score (nSPS) is 15.2. The first-order valence-corrected chi connectivity index (χ1v) is 6.74. The predicted molar refractivity (Wildman–Crippen MR) is 87.2 cm³/mol. The highest BCUT2D eigenvalue weighted by Crippen LogP contribution is 2.37. The van der Waals surface area contributed by atoms with E-state index in [2.05, 4.69) is 5.92 Å². The summed E-state index contributed by atoms with van der Waals surface area (Å²) < 4.78 is 29.1. The lowest BCUT2D eigenvalue weighted by Gasteiger charge is -2.17. The van der Waals surface area contributed by atoms with E-state index in [0.717, 1.165) is 22.4 Å². The molecule has 2 heteroatoms. The number of benzene rings is 2. The van der Waals surface area contributed by atoms with Crippen molar-refractivity contribution < 1.29 is 8.85 Å². The van der Waals surface area contributed by atoms with Crippen LogP contribution >= 0.6 is 0 Å². The summed E-state index contributed by atoms with van der Waals surface area (Å²) in [4.78, 5) is 1.31. The molecule has 0 aromatic heterocycles. The fourth-order valence-electron chi connectivity index (χ4n) is 2.40. The summed E-state index contributed by atoms with van der Waals surface area (Å²) in [7, 11) is 0. The van der Waals surface area contributed by atoms with Gasteiger partial charge < -0.3 is 4.74 Å². The monoisotopic (exact) mass is 279 g/mol. The van der Waals surface area contributed by atoms with Crippen LogP contribution in [0.2, 0.25) is 0 Å². The highest BCUT2D eigenvalue weighted by atomic mass is 16.5. The van der Waals surface area contributed by atoms with Crippen LogP contribution in [0.4, 0.5) is 0 Å². The quantitative estimate of drug-likeness (QED) is 0.624. The van der Waals surface area contributed by atoms with Gasteiger partial charge in [0.25, 0.3) is 0 Å². The Hall–Kier alpha value is -2.50. The summed E-state index contributed by atoms with van der Waals surface area (Å²) in [5.74, 6) is 3.89. The zero-order chi connectivity index (χ0) is 17.2. The van der Waals surface area contributed by atoms with E-state index < -0.39 is 6.98 Å². The topological polar surface area (TPSA) is 12.5 Å². The molecule has 0 amide bonds. The number of rotatable bonds is 3. The van der Waals surface area contributed by atoms with E-state index in [4.69, 9.17) is 15.3 Å². The van der Waals surface area contributed by atoms with Gasteiger partial charge in [0.15, 0.2) is 0 Å². The van der Waals surface area contributed by atoms with E-state index in [1.807, 2.05) is 54.6 Å². The molecule has 0 atom stereocenters. The lowest BCUT2D eigenvalue weighted by atomic mass is 10.0. The highest BCUT2D eigenvalue weighted by molar-refractivity contribution is 5.87. The van der Waals surface area contributed by atoms with Crippen molar-refractivity contribution in [2.75, 3.05) is 20.1 Å². The highest BCUT2D eigenvalue weighted by Gasteiger charge is 2.16. The molecule has 0 saturated heterocycles. The van der Waals surface area contributed by atoms with Gasteiger partial charge >= 0.3 is 0 Å². The van der Waals surface area contributed by atoms with Crippen molar-refractivity contribution in [3.63, 3.8) is 0 Å². The molecular formula is C19H17NO. The Morgan fingerprint density at radius 1 is 1.14 bits per heavy atom. The summed E-state index contributed by atoms with van der Waals surface area (Å²) in [5.41, 5.74) is 2.65. The standard InChI is InChI=1S/C19H17NO/c1-3-12-20(2)14-16-13-15-8-4-6-10-18(15)21-19-11-7-5-9-17(16)19/h1,4-11,13H,12,14H2,2H3/i2+1D3. The van der Waals surface area contributed by atoms with Crippen LogP contribution in [-0.4, -0.2) is 25.0 Å². The number of hydrogen-bond acceptors (Lipinski definition) is 2. The molecule has 0 spiro atoms. The summed E-state index contributed by atoms with van der Waals surface area (Å²) in [5, 5.41) is 0. The molecule has 0 unspecified atom stereocenters. The van der Waals surface area contributed by atoms with Crippen LogP contribution in [0.5, 0.6) is 11.5 Å². The maximum Gasteiger partial charge on any atom is 0.135 e. The van der Waals surface area contributed by atoms with E-state index in [-0.39, 0.29) is 13.1 Å². The van der Waals surface area contributed by atoms with E-state index in [1.54, 1.807) is 0 Å². The first-order chi connectivity index (χ1) is 11.5. The van der Waals surface area contributed by atoms with Crippen LogP contribution in [0.25, 0.3) is 11.6 Å². The third-order valence-electron chi connectivity index (χ3n) is 3.35. The van der Waals surface area contributed by atoms with Gasteiger partial charge in [-0.25, -0.2) is 0 Å². The van der Waals surface area contributed by atoms with Crippen LogP contribution in [0.15, 0.2) is 48.5 Å². The molecule has 0 N–H and O–H groups in total. The second-order valence-electron chi connectivity index (χ2n) is 4.87. The van der Waals surface area contributed by atoms with Crippen molar-refractivity contribution in [1.29, 1.82) is 0 Å². The second-order valence-corrected chi connectivity index (χ2v) is 4.87. The SMILES string of the molecule is [2H][13C]([2H])([2H])N(CC#C)CC1=Cc2ccccc2Oc2ccccc21. The minimum absolute atomic E-state index is 0.0541. The van der Waals surface area contributed by atoms with Gasteiger partial charge in [-0.3, -0.25) is 4.90 Å². The largest absolute Gasteiger partial charge is 0.456 e. The molecule has 104 valence electrons. The van der Waals surface area contributed by atoms with Crippen molar-refractivity contribution in [3.8, 4) is 23.8 Å². The van der Waals surface area contributed by atoms with E-state index in [9.17, 15) is 0 Å². The van der Waals surface area contributed by atoms with Crippen molar-refractivity contribution in [1.82, 2.24) is 4.90 Å². The minimum Gasteiger partial charge on any atom is -0.456 e. The number of likely N-dealkylation sites (N-methyl/N-ethyl adjacent to an activating group) is 1. The molecule has 21 heavy (non-hydrogen) atoms. The summed E-state index contributed by atoms with van der Waals surface area (Å²) >= 11 is 0. The van der Waals surface area contributed by atoms with Crippen LogP contribution in [-0.2, 0) is 0 Å². The van der Waals surface area contributed by atoms with Crippen LogP contribution < -0.4 is 4.74 Å². The predicted octanol–water partition coefficient (Wildman–Crippen LogP) is 3.90. The third kappa shape index (κ3) is 2.84. The van der Waals surface area contributed by atoms with Crippen LogP contribution in [0.3, 0.4) is 0 Å². The summed E-state index contributed by atoms with van der Waals surface area (Å²) in [6, 6.07) is 15.3. The molecule has 0 fully saturated rings. The molecule has 1 aliphatic heterocycles. The summed E-state index contributed by atoms with van der Waals surface area (Å²) in [6.07, 6.45) is 7.32. The molecule has 2 nitrogen and oxygen atoms in total. The Morgan fingerprint density at radius 3 is 2.71 bits per heavy atom. The van der Waals surface area contributed by atoms with Gasteiger partial charge in [-0.05, 0) is 30.8 Å². The Labute approximate surface area is 129 Å². The number of nitrogens with zero attached hydrogens (tertiary/aromatic N) is 1. The van der Waals surface area contributed by atoms with Crippen molar-refractivity contribution in [2.24, 2.45) is 0 Å². The van der Waals surface area contributed by atoms with E-state index in [1.165, 1.54) is 4.90 Å². The van der Waals surface area contributed by atoms with Gasteiger partial charge in [0.1, 0.15) is 11.5 Å². The van der Waals surface area contributed by atoms with Gasteiger partial charge in [0.2, 0.25) is 0 Å². The second kappa shape index (κ2) is 5.87. The molecule has 1 heterocycles. The first-order valence-electron chi connectivity index (χ1n) is 8.24. The van der Waals surface area contributed by atoms with Crippen molar-refractivity contribution in [3.05, 3.63) is 59.7 Å². The fourth-order valence-corrected chi connectivity index (χ4v) is 2.40. The number of ether oxygens (including phenoxy) is 1. The van der Waals surface area contributed by atoms with Crippen LogP contribution in [0, 0.1) is 12.3 Å². The lowest BCUT2D eigenvalue weighted by Crippen LogP contribution is -2.20. The third-order valence-corrected chi connectivity index (χ3v) is 3.35. The zero-order valence-corrected chi connectivity index (χ0v) is 11.5. The lowest BCUT2D eigenvalue weighted by molar-refractivity contribution is 0.425. The Bertz CT molecular complexity index is 818. The van der Waals surface area contributed by atoms with E-state index in [0.29, 0.717) is 5.75 Å². The average molecular weight is 279 g/mol. The van der Waals surface area contributed by atoms with E-state index >= 15 is 0 Å². The van der Waals surface area contributed by atoms with Crippen molar-refractivity contribution >= 4 is 11.6 Å². The molecule has 2 aromatic carbocycles. The molecule has 0 aliphatic carbocycles. The number of para-hydroxylation sites is 2. The minimum atomic E-state index is -2.26. The zero-order valence-electron chi connectivity index (χ0n) is 14.5. The molecule has 0 bridgehead atoms. The molecular weight excluding hydrogens is 259 g/mol. The van der Waals surface area contributed by atoms with Gasteiger partial charge in [-0.2, -0.15) is 0 Å². The average Bonchev–Trinajstić information content (AvgIpc) is 2.70. The van der Waals surface area contributed by atoms with Crippen LogP contribution in [0.1, 0.15) is 15.2 Å². The Balaban J connectivity index is 2.07. The fraction of sp³-hybridized carbons (Fsp3) is 0.158. The number of hydrogen-bond donors (Lipinski definition) is 0. The van der Waals surface area contributed by atoms with Crippen molar-refractivity contribution in [2.45, 2.75) is 0 Å².